The Bertz CT molecular complexity index is 394. The molecule has 0 bridgehead atoms. The zero-order chi connectivity index (χ0) is 12.7. The summed E-state index contributed by atoms with van der Waals surface area (Å²) < 4.78 is 0. The van der Waals surface area contributed by atoms with E-state index >= 15 is 0 Å². The second kappa shape index (κ2) is 7.00. The first kappa shape index (κ1) is 13.6. The molecule has 1 rings (SSSR count). The smallest absolute Gasteiger partial charge is 0.170 e. The summed E-state index contributed by atoms with van der Waals surface area (Å²) in [5.41, 5.74) is 1.70. The SMILES string of the molecule is CCCCCC(=O)CC(=O)c1cccc(C)c1. The average molecular weight is 232 g/mol. The van der Waals surface area contributed by atoms with Crippen LogP contribution < -0.4 is 0 Å². The zero-order valence-corrected chi connectivity index (χ0v) is 10.7. The van der Waals surface area contributed by atoms with Gasteiger partial charge in [-0.2, -0.15) is 0 Å². The molecule has 0 aliphatic carbocycles. The predicted molar refractivity (Wildman–Crippen MR) is 69.3 cm³/mol. The maximum atomic E-state index is 11.8. The number of hydrogen-bond acceptors (Lipinski definition) is 2. The van der Waals surface area contributed by atoms with E-state index in [-0.39, 0.29) is 18.0 Å². The Labute approximate surface area is 103 Å². The zero-order valence-electron chi connectivity index (χ0n) is 10.7. The Morgan fingerprint density at radius 1 is 1.18 bits per heavy atom. The fourth-order valence-corrected chi connectivity index (χ4v) is 1.76. The molecule has 1 aromatic carbocycles. The van der Waals surface area contributed by atoms with Crippen LogP contribution in [0.15, 0.2) is 24.3 Å². The molecular formula is C15H20O2. The predicted octanol–water partition coefficient (Wildman–Crippen LogP) is 3.72. The van der Waals surface area contributed by atoms with Crippen LogP contribution in [0.3, 0.4) is 0 Å². The van der Waals surface area contributed by atoms with Crippen molar-refractivity contribution in [3.05, 3.63) is 35.4 Å². The summed E-state index contributed by atoms with van der Waals surface area (Å²) >= 11 is 0. The summed E-state index contributed by atoms with van der Waals surface area (Å²) in [5.74, 6) is 0.000143. The van der Waals surface area contributed by atoms with Gasteiger partial charge in [0, 0.05) is 12.0 Å². The lowest BCUT2D eigenvalue weighted by molar-refractivity contribution is -0.118. The van der Waals surface area contributed by atoms with Crippen LogP contribution in [0.5, 0.6) is 0 Å². The van der Waals surface area contributed by atoms with Gasteiger partial charge in [-0.25, -0.2) is 0 Å². The van der Waals surface area contributed by atoms with Gasteiger partial charge in [-0.1, -0.05) is 43.5 Å². The number of aryl methyl sites for hydroxylation is 1. The van der Waals surface area contributed by atoms with Crippen LogP contribution in [0.2, 0.25) is 0 Å². The quantitative estimate of drug-likeness (QED) is 0.408. The molecule has 92 valence electrons. The van der Waals surface area contributed by atoms with E-state index in [2.05, 4.69) is 6.92 Å². The van der Waals surface area contributed by atoms with Gasteiger partial charge in [0.25, 0.3) is 0 Å². The van der Waals surface area contributed by atoms with Gasteiger partial charge in [-0.15, -0.1) is 0 Å². The molecule has 0 atom stereocenters. The summed E-state index contributed by atoms with van der Waals surface area (Å²) in [7, 11) is 0. The molecule has 0 unspecified atom stereocenters. The highest BCUT2D eigenvalue weighted by Gasteiger charge is 2.11. The van der Waals surface area contributed by atoms with Crippen molar-refractivity contribution in [3.8, 4) is 0 Å². The van der Waals surface area contributed by atoms with Gasteiger partial charge < -0.3 is 0 Å². The highest BCUT2D eigenvalue weighted by molar-refractivity contribution is 6.07. The third-order valence-corrected chi connectivity index (χ3v) is 2.76. The van der Waals surface area contributed by atoms with Crippen molar-refractivity contribution in [2.24, 2.45) is 0 Å². The van der Waals surface area contributed by atoms with Gasteiger partial charge in [0.1, 0.15) is 5.78 Å². The van der Waals surface area contributed by atoms with E-state index in [1.54, 1.807) is 6.07 Å². The minimum atomic E-state index is -0.0600. The van der Waals surface area contributed by atoms with Crippen LogP contribution in [-0.2, 0) is 4.79 Å². The van der Waals surface area contributed by atoms with Gasteiger partial charge in [-0.05, 0) is 19.4 Å². The van der Waals surface area contributed by atoms with Crippen molar-refractivity contribution < 1.29 is 9.59 Å². The minimum Gasteiger partial charge on any atom is -0.299 e. The summed E-state index contributed by atoms with van der Waals surface area (Å²) in [5, 5.41) is 0. The van der Waals surface area contributed by atoms with E-state index in [0.29, 0.717) is 12.0 Å². The summed E-state index contributed by atoms with van der Waals surface area (Å²) in [4.78, 5) is 23.4. The maximum Gasteiger partial charge on any atom is 0.170 e. The third-order valence-electron chi connectivity index (χ3n) is 2.76. The largest absolute Gasteiger partial charge is 0.299 e. The highest BCUT2D eigenvalue weighted by Crippen LogP contribution is 2.09. The first-order valence-corrected chi connectivity index (χ1v) is 6.25. The van der Waals surface area contributed by atoms with Crippen molar-refractivity contribution in [2.75, 3.05) is 0 Å². The second-order valence-corrected chi connectivity index (χ2v) is 4.47. The van der Waals surface area contributed by atoms with Crippen molar-refractivity contribution in [1.29, 1.82) is 0 Å². The standard InChI is InChI=1S/C15H20O2/c1-3-4-5-9-14(16)11-15(17)13-8-6-7-12(2)10-13/h6-8,10H,3-5,9,11H2,1-2H3. The van der Waals surface area contributed by atoms with Gasteiger partial charge in [0.05, 0.1) is 6.42 Å². The molecule has 0 fully saturated rings. The molecule has 2 heteroatoms. The molecule has 0 N–H and O–H groups in total. The van der Waals surface area contributed by atoms with Crippen molar-refractivity contribution in [1.82, 2.24) is 0 Å². The van der Waals surface area contributed by atoms with Crippen LogP contribution in [0.4, 0.5) is 0 Å². The Kier molecular flexibility index (Phi) is 5.61. The van der Waals surface area contributed by atoms with Crippen LogP contribution in [0.1, 0.15) is 54.9 Å². The van der Waals surface area contributed by atoms with Crippen LogP contribution in [0.25, 0.3) is 0 Å². The van der Waals surface area contributed by atoms with Gasteiger partial charge in [-0.3, -0.25) is 9.59 Å². The first-order chi connectivity index (χ1) is 8.13. The summed E-state index contributed by atoms with van der Waals surface area (Å²) in [6.45, 7) is 4.04. The summed E-state index contributed by atoms with van der Waals surface area (Å²) in [6.07, 6.45) is 3.64. The molecule has 0 aliphatic rings. The molecular weight excluding hydrogens is 212 g/mol. The molecule has 0 heterocycles. The lowest BCUT2D eigenvalue weighted by Crippen LogP contribution is -2.08. The van der Waals surface area contributed by atoms with Crippen LogP contribution in [-0.4, -0.2) is 11.6 Å². The van der Waals surface area contributed by atoms with E-state index < -0.39 is 0 Å². The number of unbranched alkanes of at least 4 members (excludes halogenated alkanes) is 2. The van der Waals surface area contributed by atoms with Crippen LogP contribution >= 0.6 is 0 Å². The Morgan fingerprint density at radius 3 is 2.59 bits per heavy atom. The van der Waals surface area contributed by atoms with E-state index in [1.165, 1.54) is 0 Å². The molecule has 0 spiro atoms. The highest BCUT2D eigenvalue weighted by atomic mass is 16.1. The third kappa shape index (κ3) is 4.94. The van der Waals surface area contributed by atoms with Gasteiger partial charge in [0.15, 0.2) is 5.78 Å². The topological polar surface area (TPSA) is 34.1 Å². The molecule has 17 heavy (non-hydrogen) atoms. The van der Waals surface area contributed by atoms with Crippen molar-refractivity contribution in [3.63, 3.8) is 0 Å². The van der Waals surface area contributed by atoms with Crippen molar-refractivity contribution in [2.45, 2.75) is 46.0 Å². The second-order valence-electron chi connectivity index (χ2n) is 4.47. The fraction of sp³-hybridized carbons (Fsp3) is 0.467. The monoisotopic (exact) mass is 232 g/mol. The number of rotatable bonds is 7. The minimum absolute atomic E-state index is 0.0488. The molecule has 0 aromatic heterocycles. The van der Waals surface area contributed by atoms with Crippen molar-refractivity contribution >= 4 is 11.6 Å². The Hall–Kier alpha value is -1.44. The molecule has 2 nitrogen and oxygen atoms in total. The Balaban J connectivity index is 2.46. The number of Topliss-reactive ketones (excluding diaryl/α,β-unsaturated/α-hetero) is 2. The maximum absolute atomic E-state index is 11.8. The lowest BCUT2D eigenvalue weighted by atomic mass is 10.0. The number of benzene rings is 1. The normalized spacial score (nSPS) is 10.2. The summed E-state index contributed by atoms with van der Waals surface area (Å²) in [6, 6.07) is 7.40. The van der Waals surface area contributed by atoms with E-state index in [9.17, 15) is 9.59 Å². The van der Waals surface area contributed by atoms with Crippen LogP contribution in [0, 0.1) is 6.92 Å². The van der Waals surface area contributed by atoms with Gasteiger partial charge in [0.2, 0.25) is 0 Å². The molecule has 0 radical (unpaired) electrons. The number of carbonyl (C=O) groups excluding carboxylic acids is 2. The lowest BCUT2D eigenvalue weighted by Gasteiger charge is -2.02. The van der Waals surface area contributed by atoms with E-state index in [0.717, 1.165) is 24.8 Å². The number of hydrogen-bond donors (Lipinski definition) is 0. The van der Waals surface area contributed by atoms with E-state index in [1.807, 2.05) is 25.1 Å². The first-order valence-electron chi connectivity index (χ1n) is 6.25. The average Bonchev–Trinajstić information content (AvgIpc) is 2.29. The Morgan fingerprint density at radius 2 is 1.94 bits per heavy atom. The van der Waals surface area contributed by atoms with E-state index in [4.69, 9.17) is 0 Å². The molecule has 0 aliphatic heterocycles. The molecule has 0 saturated carbocycles. The molecule has 1 aromatic rings. The number of ketones is 2. The molecule has 0 saturated heterocycles. The molecule has 0 amide bonds. The number of carbonyl (C=O) groups is 2. The fourth-order valence-electron chi connectivity index (χ4n) is 1.76. The van der Waals surface area contributed by atoms with Gasteiger partial charge >= 0.3 is 0 Å².